The SMILES string of the molecule is C=CC=CCC1OC1CCCCCCCCCCCCC. The molecule has 1 fully saturated rings. The highest BCUT2D eigenvalue weighted by molar-refractivity contribution is 5.01. The highest BCUT2D eigenvalue weighted by Crippen LogP contribution is 2.30. The van der Waals surface area contributed by atoms with Gasteiger partial charge in [-0.1, -0.05) is 102 Å². The van der Waals surface area contributed by atoms with Crippen LogP contribution in [-0.2, 0) is 4.74 Å². The number of rotatable bonds is 15. The van der Waals surface area contributed by atoms with E-state index >= 15 is 0 Å². The van der Waals surface area contributed by atoms with Crippen molar-refractivity contribution >= 4 is 0 Å². The van der Waals surface area contributed by atoms with E-state index in [4.69, 9.17) is 4.74 Å². The van der Waals surface area contributed by atoms with Gasteiger partial charge in [0, 0.05) is 0 Å². The molecule has 0 bridgehead atoms. The fourth-order valence-electron chi connectivity index (χ4n) is 2.96. The van der Waals surface area contributed by atoms with Crippen LogP contribution in [0.2, 0.25) is 0 Å². The molecule has 0 radical (unpaired) electrons. The summed E-state index contributed by atoms with van der Waals surface area (Å²) in [6.45, 7) is 5.96. The minimum absolute atomic E-state index is 0.504. The summed E-state index contributed by atoms with van der Waals surface area (Å²) in [6, 6.07) is 0. The summed E-state index contributed by atoms with van der Waals surface area (Å²) in [4.78, 5) is 0. The van der Waals surface area contributed by atoms with Gasteiger partial charge in [0.25, 0.3) is 0 Å². The van der Waals surface area contributed by atoms with Gasteiger partial charge in [-0.3, -0.25) is 0 Å². The van der Waals surface area contributed by atoms with Gasteiger partial charge in [-0.05, 0) is 12.8 Å². The van der Waals surface area contributed by atoms with Gasteiger partial charge in [0.1, 0.15) is 0 Å². The van der Waals surface area contributed by atoms with Gasteiger partial charge in [-0.25, -0.2) is 0 Å². The lowest BCUT2D eigenvalue weighted by Gasteiger charge is -2.02. The number of ether oxygens (including phenoxy) is 1. The van der Waals surface area contributed by atoms with Crippen LogP contribution in [0.25, 0.3) is 0 Å². The molecule has 1 nitrogen and oxygen atoms in total. The van der Waals surface area contributed by atoms with Gasteiger partial charge in [-0.15, -0.1) is 0 Å². The Morgan fingerprint density at radius 3 is 1.95 bits per heavy atom. The number of hydrogen-bond donors (Lipinski definition) is 0. The van der Waals surface area contributed by atoms with E-state index in [1.165, 1.54) is 77.0 Å². The van der Waals surface area contributed by atoms with Crippen LogP contribution < -0.4 is 0 Å². The second-order valence-electron chi connectivity index (χ2n) is 6.44. The van der Waals surface area contributed by atoms with Crippen LogP contribution in [0.15, 0.2) is 24.8 Å². The molecule has 1 saturated heterocycles. The fourth-order valence-corrected chi connectivity index (χ4v) is 2.96. The molecule has 0 aromatic rings. The lowest BCUT2D eigenvalue weighted by molar-refractivity contribution is 0.358. The number of hydrogen-bond acceptors (Lipinski definition) is 1. The first-order valence-electron chi connectivity index (χ1n) is 9.31. The van der Waals surface area contributed by atoms with Crippen LogP contribution in [0.5, 0.6) is 0 Å². The first-order valence-corrected chi connectivity index (χ1v) is 9.31. The van der Waals surface area contributed by atoms with E-state index in [0.29, 0.717) is 12.2 Å². The molecule has 122 valence electrons. The van der Waals surface area contributed by atoms with Gasteiger partial charge >= 0.3 is 0 Å². The zero-order valence-electron chi connectivity index (χ0n) is 14.2. The quantitative estimate of drug-likeness (QED) is 0.188. The highest BCUT2D eigenvalue weighted by Gasteiger charge is 2.36. The molecular weight excluding hydrogens is 256 g/mol. The van der Waals surface area contributed by atoms with E-state index in [1.807, 2.05) is 12.2 Å². The van der Waals surface area contributed by atoms with Gasteiger partial charge < -0.3 is 4.74 Å². The van der Waals surface area contributed by atoms with Crippen LogP contribution in [0.4, 0.5) is 0 Å². The van der Waals surface area contributed by atoms with Crippen molar-refractivity contribution in [3.63, 3.8) is 0 Å². The summed E-state index contributed by atoms with van der Waals surface area (Å²) in [7, 11) is 0. The minimum Gasteiger partial charge on any atom is -0.369 e. The monoisotopic (exact) mass is 292 g/mol. The molecule has 0 saturated carbocycles. The summed E-state index contributed by atoms with van der Waals surface area (Å²) in [5, 5.41) is 0. The normalized spacial score (nSPS) is 21.0. The standard InChI is InChI=1S/C20H36O/c1-3-5-7-8-9-10-11-12-13-14-16-18-20-19(21-20)17-15-6-4-2/h4,6,15,19-20H,2-3,5,7-14,16-18H2,1H3. The zero-order valence-corrected chi connectivity index (χ0v) is 14.2. The first kappa shape index (κ1) is 18.5. The molecule has 0 aromatic heterocycles. The van der Waals surface area contributed by atoms with Crippen molar-refractivity contribution in [2.24, 2.45) is 0 Å². The maximum absolute atomic E-state index is 5.67. The maximum atomic E-state index is 5.67. The molecule has 1 heteroatoms. The third-order valence-electron chi connectivity index (χ3n) is 4.42. The molecule has 2 unspecified atom stereocenters. The van der Waals surface area contributed by atoms with Crippen LogP contribution in [-0.4, -0.2) is 12.2 Å². The summed E-state index contributed by atoms with van der Waals surface area (Å²) in [6.07, 6.45) is 25.0. The molecule has 0 aromatic carbocycles. The predicted molar refractivity (Wildman–Crippen MR) is 93.7 cm³/mol. The molecule has 1 aliphatic heterocycles. The molecule has 1 rings (SSSR count). The molecule has 2 atom stereocenters. The zero-order chi connectivity index (χ0) is 15.2. The number of epoxide rings is 1. The Labute approximate surface area is 132 Å². The molecule has 1 aliphatic rings. The molecular formula is C20H36O. The largest absolute Gasteiger partial charge is 0.369 e. The van der Waals surface area contributed by atoms with E-state index in [2.05, 4.69) is 19.6 Å². The van der Waals surface area contributed by atoms with Crippen LogP contribution in [0, 0.1) is 0 Å². The average Bonchev–Trinajstić information content (AvgIpc) is 3.23. The fraction of sp³-hybridized carbons (Fsp3) is 0.800. The second-order valence-corrected chi connectivity index (χ2v) is 6.44. The predicted octanol–water partition coefficient (Wildman–Crippen LogP) is 6.59. The third-order valence-corrected chi connectivity index (χ3v) is 4.42. The Bertz CT molecular complexity index is 269. The summed E-state index contributed by atoms with van der Waals surface area (Å²) >= 11 is 0. The Morgan fingerprint density at radius 1 is 0.810 bits per heavy atom. The average molecular weight is 293 g/mol. The Kier molecular flexibility index (Phi) is 11.6. The van der Waals surface area contributed by atoms with Crippen molar-refractivity contribution in [1.29, 1.82) is 0 Å². The topological polar surface area (TPSA) is 12.5 Å². The molecule has 0 spiro atoms. The lowest BCUT2D eigenvalue weighted by Crippen LogP contribution is -1.92. The summed E-state index contributed by atoms with van der Waals surface area (Å²) in [5.41, 5.74) is 0. The first-order chi connectivity index (χ1) is 10.4. The molecule has 0 amide bonds. The third kappa shape index (κ3) is 10.8. The molecule has 0 aliphatic carbocycles. The second kappa shape index (κ2) is 13.1. The van der Waals surface area contributed by atoms with Crippen LogP contribution in [0.1, 0.15) is 90.4 Å². The van der Waals surface area contributed by atoms with Crippen LogP contribution in [0.3, 0.4) is 0 Å². The van der Waals surface area contributed by atoms with Crippen molar-refractivity contribution in [2.45, 2.75) is 103 Å². The van der Waals surface area contributed by atoms with Gasteiger partial charge in [0.05, 0.1) is 12.2 Å². The van der Waals surface area contributed by atoms with E-state index < -0.39 is 0 Å². The van der Waals surface area contributed by atoms with Gasteiger partial charge in [0.2, 0.25) is 0 Å². The summed E-state index contributed by atoms with van der Waals surface area (Å²) < 4.78 is 5.67. The Hall–Kier alpha value is -0.560. The van der Waals surface area contributed by atoms with Crippen LogP contribution >= 0.6 is 0 Å². The maximum Gasteiger partial charge on any atom is 0.0876 e. The smallest absolute Gasteiger partial charge is 0.0876 e. The minimum atomic E-state index is 0.504. The van der Waals surface area contributed by atoms with E-state index in [-0.39, 0.29) is 0 Å². The lowest BCUT2D eigenvalue weighted by atomic mass is 10.0. The van der Waals surface area contributed by atoms with E-state index in [1.54, 1.807) is 0 Å². The van der Waals surface area contributed by atoms with Gasteiger partial charge in [0.15, 0.2) is 0 Å². The van der Waals surface area contributed by atoms with Crippen molar-refractivity contribution < 1.29 is 4.74 Å². The van der Waals surface area contributed by atoms with Crippen molar-refractivity contribution in [1.82, 2.24) is 0 Å². The number of unbranched alkanes of at least 4 members (excludes halogenated alkanes) is 10. The highest BCUT2D eigenvalue weighted by atomic mass is 16.6. The molecule has 0 N–H and O–H groups in total. The Balaban J connectivity index is 1.74. The molecule has 1 heterocycles. The van der Waals surface area contributed by atoms with Gasteiger partial charge in [-0.2, -0.15) is 0 Å². The Morgan fingerprint density at radius 2 is 1.38 bits per heavy atom. The van der Waals surface area contributed by atoms with Crippen molar-refractivity contribution in [3.05, 3.63) is 24.8 Å². The van der Waals surface area contributed by atoms with Crippen molar-refractivity contribution in [3.8, 4) is 0 Å². The van der Waals surface area contributed by atoms with E-state index in [9.17, 15) is 0 Å². The summed E-state index contributed by atoms with van der Waals surface area (Å²) in [5.74, 6) is 0. The number of allylic oxidation sites excluding steroid dienone is 2. The van der Waals surface area contributed by atoms with Crippen molar-refractivity contribution in [2.75, 3.05) is 0 Å². The molecule has 21 heavy (non-hydrogen) atoms. The van der Waals surface area contributed by atoms with E-state index in [0.717, 1.165) is 6.42 Å².